The number of fused-ring (bicyclic) bond motifs is 1. The van der Waals surface area contributed by atoms with Gasteiger partial charge in [0.1, 0.15) is 5.52 Å². The minimum atomic E-state index is -0.751. The maximum Gasteiger partial charge on any atom is 0.280 e. The van der Waals surface area contributed by atoms with E-state index in [1.807, 2.05) is 6.92 Å². The Morgan fingerprint density at radius 2 is 2.09 bits per heavy atom. The van der Waals surface area contributed by atoms with Crippen LogP contribution in [0.2, 0.25) is 0 Å². The third-order valence-electron chi connectivity index (χ3n) is 3.38. The van der Waals surface area contributed by atoms with Crippen LogP contribution in [0.4, 0.5) is 10.1 Å². The van der Waals surface area contributed by atoms with Crippen molar-refractivity contribution >= 4 is 22.6 Å². The van der Waals surface area contributed by atoms with Crippen molar-refractivity contribution in [3.05, 3.63) is 57.5 Å². The summed E-state index contributed by atoms with van der Waals surface area (Å²) in [5.41, 5.74) is 1.42. The summed E-state index contributed by atoms with van der Waals surface area (Å²) >= 11 is 0. The molecule has 0 atom stereocenters. The Bertz CT molecular complexity index is 983. The molecule has 23 heavy (non-hydrogen) atoms. The van der Waals surface area contributed by atoms with E-state index in [0.717, 1.165) is 11.6 Å². The Kier molecular flexibility index (Phi) is 3.57. The zero-order valence-electron chi connectivity index (χ0n) is 12.3. The van der Waals surface area contributed by atoms with Crippen molar-refractivity contribution in [1.82, 2.24) is 20.2 Å². The van der Waals surface area contributed by atoms with Crippen molar-refractivity contribution in [3.8, 4) is 0 Å². The number of rotatable bonds is 2. The molecule has 116 valence electrons. The number of aromatic amines is 1. The number of amides is 1. The smallest absolute Gasteiger partial charge is 0.280 e. The van der Waals surface area contributed by atoms with Crippen LogP contribution < -0.4 is 10.7 Å². The van der Waals surface area contributed by atoms with E-state index in [4.69, 9.17) is 0 Å². The number of halogens is 1. The number of nitrogens with one attached hydrogen (secondary N) is 2. The second-order valence-corrected chi connectivity index (χ2v) is 5.01. The molecule has 0 saturated carbocycles. The van der Waals surface area contributed by atoms with Gasteiger partial charge < -0.3 is 5.32 Å². The predicted molar refractivity (Wildman–Crippen MR) is 81.8 cm³/mol. The van der Waals surface area contributed by atoms with Gasteiger partial charge in [0.15, 0.2) is 5.69 Å². The van der Waals surface area contributed by atoms with E-state index in [1.54, 1.807) is 13.0 Å². The molecule has 0 radical (unpaired) electrons. The van der Waals surface area contributed by atoms with Crippen LogP contribution in [0.1, 0.15) is 21.7 Å². The second kappa shape index (κ2) is 5.56. The lowest BCUT2D eigenvalue weighted by molar-refractivity contribution is 0.102. The molecule has 8 heteroatoms. The highest BCUT2D eigenvalue weighted by atomic mass is 19.1. The molecule has 0 unspecified atom stereocenters. The third-order valence-corrected chi connectivity index (χ3v) is 3.38. The molecule has 3 aromatic heterocycles. The Hall–Kier alpha value is -3.16. The van der Waals surface area contributed by atoms with Crippen LogP contribution >= 0.6 is 0 Å². The van der Waals surface area contributed by atoms with E-state index in [0.29, 0.717) is 11.2 Å². The zero-order valence-corrected chi connectivity index (χ0v) is 12.3. The van der Waals surface area contributed by atoms with E-state index in [1.165, 1.54) is 12.3 Å². The molecule has 0 spiro atoms. The molecule has 0 fully saturated rings. The van der Waals surface area contributed by atoms with Crippen molar-refractivity contribution in [2.24, 2.45) is 0 Å². The van der Waals surface area contributed by atoms with Crippen LogP contribution in [0.5, 0.6) is 0 Å². The fourth-order valence-corrected chi connectivity index (χ4v) is 2.07. The molecule has 0 saturated heterocycles. The van der Waals surface area contributed by atoms with Gasteiger partial charge in [-0.25, -0.2) is 9.97 Å². The van der Waals surface area contributed by atoms with Crippen LogP contribution in [0.25, 0.3) is 11.0 Å². The number of anilines is 1. The molecule has 0 aromatic carbocycles. The topological polar surface area (TPSA) is 101 Å². The van der Waals surface area contributed by atoms with Crippen LogP contribution in [0.3, 0.4) is 0 Å². The summed E-state index contributed by atoms with van der Waals surface area (Å²) in [6, 6.07) is 4.19. The number of nitrogens with zero attached hydrogens (tertiary/aromatic N) is 3. The summed E-state index contributed by atoms with van der Waals surface area (Å²) in [6.45, 7) is 3.63. The minimum Gasteiger partial charge on any atom is -0.320 e. The van der Waals surface area contributed by atoms with Crippen LogP contribution in [0.15, 0.2) is 29.2 Å². The predicted octanol–water partition coefficient (Wildman–Crippen LogP) is 1.72. The van der Waals surface area contributed by atoms with Crippen LogP contribution in [-0.4, -0.2) is 26.1 Å². The molecule has 0 aliphatic carbocycles. The molecule has 2 N–H and O–H groups in total. The highest BCUT2D eigenvalue weighted by molar-refractivity contribution is 6.03. The van der Waals surface area contributed by atoms with Crippen molar-refractivity contribution in [2.75, 3.05) is 5.32 Å². The van der Waals surface area contributed by atoms with Gasteiger partial charge in [-0.05, 0) is 31.5 Å². The first-order valence-corrected chi connectivity index (χ1v) is 6.75. The quantitative estimate of drug-likeness (QED) is 0.702. The minimum absolute atomic E-state index is 0.133. The molecule has 3 heterocycles. The maximum atomic E-state index is 13.0. The van der Waals surface area contributed by atoms with E-state index in [2.05, 4.69) is 25.5 Å². The monoisotopic (exact) mass is 313 g/mol. The summed E-state index contributed by atoms with van der Waals surface area (Å²) in [6.07, 6.45) is 1.21. The van der Waals surface area contributed by atoms with Crippen molar-refractivity contribution in [3.63, 3.8) is 0 Å². The standard InChI is InChI=1S/C15H12FN5O2/c1-7-5-10-12(18-8(7)2)14(22)13(21-20-10)15(23)19-9-3-4-17-11(16)6-9/h3-6H,1-2H3,(H,20,22)(H,17,19,23). The molecule has 0 aliphatic heterocycles. The lowest BCUT2D eigenvalue weighted by atomic mass is 10.2. The first-order chi connectivity index (χ1) is 11.0. The normalized spacial score (nSPS) is 10.7. The largest absolute Gasteiger partial charge is 0.320 e. The molecule has 1 amide bonds. The Morgan fingerprint density at radius 3 is 2.83 bits per heavy atom. The molecule has 7 nitrogen and oxygen atoms in total. The summed E-state index contributed by atoms with van der Waals surface area (Å²) in [4.78, 5) is 32.2. The first-order valence-electron chi connectivity index (χ1n) is 6.75. The fraction of sp³-hybridized carbons (Fsp3) is 0.133. The highest BCUT2D eigenvalue weighted by Crippen LogP contribution is 2.11. The van der Waals surface area contributed by atoms with E-state index in [9.17, 15) is 14.0 Å². The van der Waals surface area contributed by atoms with Gasteiger partial charge in [0, 0.05) is 23.6 Å². The number of carbonyl (C=O) groups is 1. The van der Waals surface area contributed by atoms with Gasteiger partial charge in [0.25, 0.3) is 5.91 Å². The number of carbonyl (C=O) groups excluding carboxylic acids is 1. The summed E-state index contributed by atoms with van der Waals surface area (Å²) in [5.74, 6) is -1.49. The summed E-state index contributed by atoms with van der Waals surface area (Å²) in [5, 5.41) is 8.84. The lowest BCUT2D eigenvalue weighted by Gasteiger charge is -2.06. The van der Waals surface area contributed by atoms with Gasteiger partial charge in [0.2, 0.25) is 11.4 Å². The molecule has 0 aliphatic rings. The molecule has 0 bridgehead atoms. The van der Waals surface area contributed by atoms with Gasteiger partial charge >= 0.3 is 0 Å². The molecular formula is C15H12FN5O2. The average molecular weight is 313 g/mol. The van der Waals surface area contributed by atoms with Crippen molar-refractivity contribution < 1.29 is 9.18 Å². The van der Waals surface area contributed by atoms with E-state index >= 15 is 0 Å². The van der Waals surface area contributed by atoms with Crippen molar-refractivity contribution in [2.45, 2.75) is 13.8 Å². The van der Waals surface area contributed by atoms with Gasteiger partial charge in [-0.2, -0.15) is 9.49 Å². The average Bonchev–Trinajstić information content (AvgIpc) is 2.49. The summed E-state index contributed by atoms with van der Waals surface area (Å²) in [7, 11) is 0. The lowest BCUT2D eigenvalue weighted by Crippen LogP contribution is -2.25. The summed E-state index contributed by atoms with van der Waals surface area (Å²) < 4.78 is 13.0. The Morgan fingerprint density at radius 1 is 1.30 bits per heavy atom. The number of pyridine rings is 2. The van der Waals surface area contributed by atoms with E-state index < -0.39 is 17.3 Å². The van der Waals surface area contributed by atoms with Gasteiger partial charge in [-0.1, -0.05) is 0 Å². The molecular weight excluding hydrogens is 301 g/mol. The van der Waals surface area contributed by atoms with Gasteiger partial charge in [-0.15, -0.1) is 0 Å². The zero-order chi connectivity index (χ0) is 16.6. The van der Waals surface area contributed by atoms with Gasteiger partial charge in [-0.3, -0.25) is 14.7 Å². The number of aryl methyl sites for hydroxylation is 2. The van der Waals surface area contributed by atoms with Crippen LogP contribution in [0, 0.1) is 19.8 Å². The Labute approximate surface area is 129 Å². The van der Waals surface area contributed by atoms with Crippen LogP contribution in [-0.2, 0) is 0 Å². The third kappa shape index (κ3) is 2.78. The highest BCUT2D eigenvalue weighted by Gasteiger charge is 2.17. The van der Waals surface area contributed by atoms with E-state index in [-0.39, 0.29) is 16.9 Å². The number of H-pyrrole nitrogens is 1. The maximum absolute atomic E-state index is 13.0. The first kappa shape index (κ1) is 14.8. The number of hydrogen-bond donors (Lipinski definition) is 2. The SMILES string of the molecule is Cc1cc2[nH]nc(C(=O)Nc3ccnc(F)c3)c(=O)c2nc1C. The van der Waals surface area contributed by atoms with Gasteiger partial charge in [0.05, 0.1) is 5.52 Å². The fourth-order valence-electron chi connectivity index (χ4n) is 2.07. The molecule has 3 aromatic rings. The Balaban J connectivity index is 2.03. The number of aromatic nitrogens is 4. The second-order valence-electron chi connectivity index (χ2n) is 5.01. The number of hydrogen-bond acceptors (Lipinski definition) is 5. The van der Waals surface area contributed by atoms with Crippen molar-refractivity contribution in [1.29, 1.82) is 0 Å². The molecule has 3 rings (SSSR count).